The molecule has 0 atom stereocenters. The van der Waals surface area contributed by atoms with Crippen molar-refractivity contribution >= 4 is 15.9 Å². The summed E-state index contributed by atoms with van der Waals surface area (Å²) in [4.78, 5) is 14.5. The van der Waals surface area contributed by atoms with Gasteiger partial charge in [0.15, 0.2) is 0 Å². The van der Waals surface area contributed by atoms with E-state index in [4.69, 9.17) is 9.47 Å². The second-order valence-electron chi connectivity index (χ2n) is 7.22. The number of carbonyl (C=O) groups excluding carboxylic acids is 1. The van der Waals surface area contributed by atoms with E-state index in [0.29, 0.717) is 30.9 Å². The van der Waals surface area contributed by atoms with Gasteiger partial charge in [0.25, 0.3) is 0 Å². The van der Waals surface area contributed by atoms with Gasteiger partial charge < -0.3 is 14.4 Å². The molecule has 1 amide bonds. The zero-order valence-electron chi connectivity index (χ0n) is 17.7. The molecule has 1 fully saturated rings. The van der Waals surface area contributed by atoms with E-state index in [1.54, 1.807) is 29.2 Å². The third kappa shape index (κ3) is 5.61. The average molecular weight is 451 g/mol. The summed E-state index contributed by atoms with van der Waals surface area (Å²) < 4.78 is 51.6. The third-order valence-electron chi connectivity index (χ3n) is 5.17. The van der Waals surface area contributed by atoms with Gasteiger partial charge in [-0.1, -0.05) is 18.2 Å². The zero-order chi connectivity index (χ0) is 22.4. The summed E-state index contributed by atoms with van der Waals surface area (Å²) in [6, 6.07) is 10.9. The predicted molar refractivity (Wildman–Crippen MR) is 114 cm³/mol. The van der Waals surface area contributed by atoms with Crippen molar-refractivity contribution in [3.63, 3.8) is 0 Å². The number of carbonyl (C=O) groups is 1. The monoisotopic (exact) mass is 450 g/mol. The number of amides is 1. The lowest BCUT2D eigenvalue weighted by molar-refractivity contribution is -0.130. The fourth-order valence-corrected chi connectivity index (χ4v) is 5.09. The van der Waals surface area contributed by atoms with Crippen molar-refractivity contribution in [1.82, 2.24) is 9.21 Å². The summed E-state index contributed by atoms with van der Waals surface area (Å²) in [5.74, 6) is -0.296. The number of morpholine rings is 1. The summed E-state index contributed by atoms with van der Waals surface area (Å²) in [7, 11) is -2.37. The minimum Gasteiger partial charge on any atom is -0.495 e. The minimum atomic E-state index is -3.78. The normalized spacial score (nSPS) is 14.9. The average Bonchev–Trinajstić information content (AvgIpc) is 2.78. The van der Waals surface area contributed by atoms with Gasteiger partial charge in [0.1, 0.15) is 16.5 Å². The molecule has 1 aliphatic heterocycles. The van der Waals surface area contributed by atoms with Crippen molar-refractivity contribution in [3.05, 3.63) is 59.4 Å². The molecular weight excluding hydrogens is 423 g/mol. The molecule has 2 aromatic carbocycles. The molecule has 3 rings (SSSR count). The Hall–Kier alpha value is -2.49. The molecule has 1 saturated heterocycles. The van der Waals surface area contributed by atoms with E-state index in [9.17, 15) is 17.6 Å². The van der Waals surface area contributed by atoms with Crippen LogP contribution in [0.5, 0.6) is 5.75 Å². The maximum absolute atomic E-state index is 13.5. The van der Waals surface area contributed by atoms with Gasteiger partial charge in [-0.2, -0.15) is 4.31 Å². The zero-order valence-corrected chi connectivity index (χ0v) is 18.5. The molecule has 2 aromatic rings. The topological polar surface area (TPSA) is 76.2 Å². The molecule has 9 heteroatoms. The molecule has 0 aliphatic carbocycles. The van der Waals surface area contributed by atoms with E-state index in [-0.39, 0.29) is 48.4 Å². The molecule has 168 valence electrons. The molecular formula is C22H27FN2O5S. The Kier molecular flexibility index (Phi) is 7.64. The fraction of sp³-hybridized carbons (Fsp3) is 0.409. The molecule has 0 saturated carbocycles. The molecule has 1 aliphatic rings. The molecule has 0 N–H and O–H groups in total. The molecule has 1 heterocycles. The van der Waals surface area contributed by atoms with Gasteiger partial charge in [-0.15, -0.1) is 0 Å². The lowest BCUT2D eigenvalue weighted by atomic mass is 10.1. The van der Waals surface area contributed by atoms with Crippen LogP contribution < -0.4 is 4.74 Å². The highest BCUT2D eigenvalue weighted by Gasteiger charge is 2.29. The Morgan fingerprint density at radius 3 is 2.55 bits per heavy atom. The van der Waals surface area contributed by atoms with Gasteiger partial charge in [0.05, 0.1) is 26.7 Å². The van der Waals surface area contributed by atoms with Crippen LogP contribution in [-0.4, -0.2) is 63.5 Å². The highest BCUT2D eigenvalue weighted by molar-refractivity contribution is 7.89. The smallest absolute Gasteiger partial charge is 0.246 e. The number of halogens is 1. The Morgan fingerprint density at radius 2 is 1.90 bits per heavy atom. The highest BCUT2D eigenvalue weighted by atomic mass is 32.2. The molecule has 0 unspecified atom stereocenters. The number of sulfonamides is 1. The van der Waals surface area contributed by atoms with Crippen LogP contribution in [0, 0.1) is 5.82 Å². The number of rotatable bonds is 8. The van der Waals surface area contributed by atoms with Crippen LogP contribution in [-0.2, 0) is 32.5 Å². The van der Waals surface area contributed by atoms with E-state index in [1.807, 2.05) is 6.92 Å². The van der Waals surface area contributed by atoms with Crippen LogP contribution >= 0.6 is 0 Å². The number of ether oxygens (including phenoxy) is 2. The van der Waals surface area contributed by atoms with Gasteiger partial charge in [0, 0.05) is 26.2 Å². The summed E-state index contributed by atoms with van der Waals surface area (Å²) in [5, 5.41) is 0. The van der Waals surface area contributed by atoms with Crippen LogP contribution in [0.2, 0.25) is 0 Å². The second kappa shape index (κ2) is 10.2. The van der Waals surface area contributed by atoms with Crippen molar-refractivity contribution < 1.29 is 27.1 Å². The van der Waals surface area contributed by atoms with E-state index < -0.39 is 10.0 Å². The quantitative estimate of drug-likeness (QED) is 0.618. The van der Waals surface area contributed by atoms with Crippen LogP contribution in [0.4, 0.5) is 4.39 Å². The Morgan fingerprint density at radius 1 is 1.16 bits per heavy atom. The first kappa shape index (κ1) is 23.2. The number of methoxy groups -OCH3 is 1. The first-order valence-electron chi connectivity index (χ1n) is 10.1. The molecule has 0 spiro atoms. The highest BCUT2D eigenvalue weighted by Crippen LogP contribution is 2.29. The second-order valence-corrected chi connectivity index (χ2v) is 9.12. The van der Waals surface area contributed by atoms with E-state index >= 15 is 0 Å². The van der Waals surface area contributed by atoms with E-state index in [2.05, 4.69) is 0 Å². The minimum absolute atomic E-state index is 0.0266. The SMILES string of the molecule is CCN(Cc1cccc(F)c1)C(=O)Cc1ccc(OC)c(S(=O)(=O)N2CCOCC2)c1. The molecule has 0 bridgehead atoms. The van der Waals surface area contributed by atoms with Crippen molar-refractivity contribution in [2.45, 2.75) is 24.8 Å². The lowest BCUT2D eigenvalue weighted by Gasteiger charge is -2.27. The van der Waals surface area contributed by atoms with Crippen LogP contribution in [0.15, 0.2) is 47.4 Å². The summed E-state index contributed by atoms with van der Waals surface area (Å²) in [6.45, 7) is 3.79. The fourth-order valence-electron chi connectivity index (χ4n) is 3.48. The molecule has 0 aromatic heterocycles. The van der Waals surface area contributed by atoms with Gasteiger partial charge in [-0.3, -0.25) is 4.79 Å². The van der Waals surface area contributed by atoms with Crippen LogP contribution in [0.3, 0.4) is 0 Å². The van der Waals surface area contributed by atoms with Crippen LogP contribution in [0.25, 0.3) is 0 Å². The maximum Gasteiger partial charge on any atom is 0.246 e. The largest absolute Gasteiger partial charge is 0.495 e. The number of hydrogen-bond donors (Lipinski definition) is 0. The van der Waals surface area contributed by atoms with Crippen molar-refractivity contribution in [2.24, 2.45) is 0 Å². The van der Waals surface area contributed by atoms with Crippen molar-refractivity contribution in [1.29, 1.82) is 0 Å². The van der Waals surface area contributed by atoms with Gasteiger partial charge in [-0.05, 0) is 42.3 Å². The summed E-state index contributed by atoms with van der Waals surface area (Å²) in [6.07, 6.45) is 0.0266. The number of hydrogen-bond acceptors (Lipinski definition) is 5. The van der Waals surface area contributed by atoms with Crippen LogP contribution in [0.1, 0.15) is 18.1 Å². The summed E-state index contributed by atoms with van der Waals surface area (Å²) in [5.41, 5.74) is 1.26. The summed E-state index contributed by atoms with van der Waals surface area (Å²) >= 11 is 0. The van der Waals surface area contributed by atoms with E-state index in [1.165, 1.54) is 29.6 Å². The Balaban J connectivity index is 1.80. The maximum atomic E-state index is 13.5. The number of likely N-dealkylation sites (N-methyl/N-ethyl adjacent to an activating group) is 1. The molecule has 7 nitrogen and oxygen atoms in total. The number of benzene rings is 2. The standard InChI is InChI=1S/C22H27FN2O5S/c1-3-24(16-18-5-4-6-19(23)13-18)22(26)15-17-7-8-20(29-2)21(14-17)31(27,28)25-9-11-30-12-10-25/h4-8,13-14H,3,9-12,15-16H2,1-2H3. The van der Waals surface area contributed by atoms with Gasteiger partial charge in [-0.25, -0.2) is 12.8 Å². The van der Waals surface area contributed by atoms with Crippen molar-refractivity contribution in [2.75, 3.05) is 40.0 Å². The van der Waals surface area contributed by atoms with Gasteiger partial charge in [0.2, 0.25) is 15.9 Å². The van der Waals surface area contributed by atoms with E-state index in [0.717, 1.165) is 0 Å². The van der Waals surface area contributed by atoms with Crippen molar-refractivity contribution in [3.8, 4) is 5.75 Å². The first-order valence-corrected chi connectivity index (χ1v) is 11.6. The lowest BCUT2D eigenvalue weighted by Crippen LogP contribution is -2.40. The Bertz CT molecular complexity index is 1020. The number of nitrogens with zero attached hydrogens (tertiary/aromatic N) is 2. The van der Waals surface area contributed by atoms with Gasteiger partial charge >= 0.3 is 0 Å². The Labute approximate surface area is 182 Å². The first-order chi connectivity index (χ1) is 14.8. The predicted octanol–water partition coefficient (Wildman–Crippen LogP) is 2.45. The molecule has 31 heavy (non-hydrogen) atoms. The molecule has 0 radical (unpaired) electrons. The third-order valence-corrected chi connectivity index (χ3v) is 7.09.